The van der Waals surface area contributed by atoms with E-state index in [-0.39, 0.29) is 5.41 Å². The van der Waals surface area contributed by atoms with Gasteiger partial charge in [0, 0.05) is 13.0 Å². The first kappa shape index (κ1) is 17.6. The highest BCUT2D eigenvalue weighted by molar-refractivity contribution is 7.16. The molecule has 0 fully saturated rings. The Morgan fingerprint density at radius 1 is 1.38 bits per heavy atom. The first-order valence-electron chi connectivity index (χ1n) is 7.06. The van der Waals surface area contributed by atoms with Crippen LogP contribution >= 0.6 is 11.3 Å². The van der Waals surface area contributed by atoms with Crippen molar-refractivity contribution >= 4 is 27.5 Å². The summed E-state index contributed by atoms with van der Waals surface area (Å²) in [4.78, 5) is 14.3. The average Bonchev–Trinajstić information content (AvgIpc) is 2.84. The third kappa shape index (κ3) is 7.20. The van der Waals surface area contributed by atoms with Crippen molar-refractivity contribution in [3.63, 3.8) is 0 Å². The van der Waals surface area contributed by atoms with Crippen molar-refractivity contribution in [3.8, 4) is 0 Å². The summed E-state index contributed by atoms with van der Waals surface area (Å²) in [5, 5.41) is 8.31. The molecule has 2 aromatic rings. The molecule has 0 spiro atoms. The molecule has 21 heavy (non-hydrogen) atoms. The number of nitrogens with two attached hydrogens (primary N) is 1. The number of carbonyl (C=O) groups is 1. The minimum Gasteiger partial charge on any atom is -0.481 e. The van der Waals surface area contributed by atoms with Crippen molar-refractivity contribution in [3.05, 3.63) is 29.3 Å². The fourth-order valence-electron chi connectivity index (χ4n) is 1.80. The van der Waals surface area contributed by atoms with Gasteiger partial charge in [0.15, 0.2) is 0 Å². The largest absolute Gasteiger partial charge is 0.481 e. The number of carboxylic acid groups (broad SMARTS) is 1. The standard InChI is InChI=1S/C8H8N2S.C8H16O2/c9-4-6-1-2-8-7(3-6)10-5-11-8;1-8(2,3)6-4-5-7(9)10/h1-3,5H,4,9H2;4-6H2,1-3H3,(H,9,10). The van der Waals surface area contributed by atoms with E-state index < -0.39 is 5.97 Å². The summed E-state index contributed by atoms with van der Waals surface area (Å²) in [6.45, 7) is 6.95. The topological polar surface area (TPSA) is 76.2 Å². The Labute approximate surface area is 130 Å². The van der Waals surface area contributed by atoms with E-state index in [4.69, 9.17) is 10.8 Å². The fraction of sp³-hybridized carbons (Fsp3) is 0.500. The molecule has 4 nitrogen and oxygen atoms in total. The minimum absolute atomic E-state index is 0.273. The molecule has 0 bridgehead atoms. The number of fused-ring (bicyclic) bond motifs is 1. The van der Waals surface area contributed by atoms with E-state index in [2.05, 4.69) is 31.8 Å². The van der Waals surface area contributed by atoms with Crippen LogP contribution in [0, 0.1) is 5.41 Å². The Bertz CT molecular complexity index is 573. The Balaban J connectivity index is 0.000000212. The van der Waals surface area contributed by atoms with E-state index in [1.165, 1.54) is 4.70 Å². The maximum absolute atomic E-state index is 10.1. The van der Waals surface area contributed by atoms with Crippen LogP contribution in [0.1, 0.15) is 45.6 Å². The van der Waals surface area contributed by atoms with Crippen LogP contribution in [0.25, 0.3) is 10.2 Å². The molecule has 1 heterocycles. The lowest BCUT2D eigenvalue weighted by molar-refractivity contribution is -0.137. The quantitative estimate of drug-likeness (QED) is 0.893. The highest BCUT2D eigenvalue weighted by Crippen LogP contribution is 2.21. The van der Waals surface area contributed by atoms with Crippen molar-refractivity contribution in [1.29, 1.82) is 0 Å². The monoisotopic (exact) mass is 308 g/mol. The molecular weight excluding hydrogens is 284 g/mol. The molecule has 116 valence electrons. The van der Waals surface area contributed by atoms with E-state index in [0.717, 1.165) is 23.9 Å². The van der Waals surface area contributed by atoms with Gasteiger partial charge in [-0.15, -0.1) is 11.3 Å². The van der Waals surface area contributed by atoms with Crippen molar-refractivity contribution in [2.75, 3.05) is 0 Å². The maximum atomic E-state index is 10.1. The van der Waals surface area contributed by atoms with E-state index in [0.29, 0.717) is 13.0 Å². The van der Waals surface area contributed by atoms with Crippen LogP contribution in [0.5, 0.6) is 0 Å². The van der Waals surface area contributed by atoms with Gasteiger partial charge < -0.3 is 10.8 Å². The molecule has 2 rings (SSSR count). The second-order valence-electron chi connectivity index (χ2n) is 6.17. The summed E-state index contributed by atoms with van der Waals surface area (Å²) in [6, 6.07) is 6.14. The predicted octanol–water partition coefficient (Wildman–Crippen LogP) is 4.04. The SMILES string of the molecule is CC(C)(C)CCCC(=O)O.NCc1ccc2scnc2c1. The third-order valence-electron chi connectivity index (χ3n) is 2.95. The van der Waals surface area contributed by atoms with E-state index in [9.17, 15) is 4.79 Å². The third-order valence-corrected chi connectivity index (χ3v) is 3.76. The number of hydrogen-bond donors (Lipinski definition) is 2. The number of thiazole rings is 1. The highest BCUT2D eigenvalue weighted by atomic mass is 32.1. The van der Waals surface area contributed by atoms with Gasteiger partial charge in [-0.3, -0.25) is 4.79 Å². The summed E-state index contributed by atoms with van der Waals surface area (Å²) in [7, 11) is 0. The van der Waals surface area contributed by atoms with Crippen LogP contribution in [-0.2, 0) is 11.3 Å². The lowest BCUT2D eigenvalue weighted by atomic mass is 9.90. The van der Waals surface area contributed by atoms with E-state index in [1.54, 1.807) is 11.3 Å². The molecule has 0 aliphatic heterocycles. The van der Waals surface area contributed by atoms with Crippen LogP contribution in [0.4, 0.5) is 0 Å². The van der Waals surface area contributed by atoms with Crippen LogP contribution in [-0.4, -0.2) is 16.1 Å². The zero-order valence-corrected chi connectivity index (χ0v) is 13.7. The highest BCUT2D eigenvalue weighted by Gasteiger charge is 2.09. The molecular formula is C16H24N2O2S. The molecule has 0 saturated heterocycles. The number of rotatable bonds is 4. The van der Waals surface area contributed by atoms with Crippen LogP contribution < -0.4 is 5.73 Å². The normalized spacial score (nSPS) is 11.0. The first-order chi connectivity index (χ1) is 9.81. The zero-order chi connectivity index (χ0) is 15.9. The van der Waals surface area contributed by atoms with Gasteiger partial charge in [-0.1, -0.05) is 26.8 Å². The predicted molar refractivity (Wildman–Crippen MR) is 88.5 cm³/mol. The molecule has 0 atom stereocenters. The maximum Gasteiger partial charge on any atom is 0.303 e. The number of hydrogen-bond acceptors (Lipinski definition) is 4. The molecule has 0 unspecified atom stereocenters. The lowest BCUT2D eigenvalue weighted by Gasteiger charge is -2.16. The van der Waals surface area contributed by atoms with Crippen molar-refractivity contribution in [2.45, 2.75) is 46.6 Å². The Kier molecular flexibility index (Phi) is 6.78. The van der Waals surface area contributed by atoms with Gasteiger partial charge in [0.2, 0.25) is 0 Å². The molecule has 1 aromatic carbocycles. The van der Waals surface area contributed by atoms with Gasteiger partial charge in [-0.25, -0.2) is 4.98 Å². The number of aromatic nitrogens is 1. The number of nitrogens with zero attached hydrogens (tertiary/aromatic N) is 1. The smallest absolute Gasteiger partial charge is 0.303 e. The van der Waals surface area contributed by atoms with Crippen LogP contribution in [0.2, 0.25) is 0 Å². The van der Waals surface area contributed by atoms with Gasteiger partial charge in [0.1, 0.15) is 0 Å². The fourth-order valence-corrected chi connectivity index (χ4v) is 2.46. The Hall–Kier alpha value is -1.46. The summed E-state index contributed by atoms with van der Waals surface area (Å²) >= 11 is 1.65. The van der Waals surface area contributed by atoms with Crippen LogP contribution in [0.15, 0.2) is 23.7 Å². The second kappa shape index (κ2) is 8.10. The molecule has 1 aromatic heterocycles. The van der Waals surface area contributed by atoms with E-state index in [1.807, 2.05) is 17.6 Å². The van der Waals surface area contributed by atoms with Gasteiger partial charge >= 0.3 is 5.97 Å². The molecule has 0 amide bonds. The molecule has 3 N–H and O–H groups in total. The number of carboxylic acids is 1. The zero-order valence-electron chi connectivity index (χ0n) is 12.9. The number of benzene rings is 1. The molecule has 0 saturated carbocycles. The van der Waals surface area contributed by atoms with Crippen molar-refractivity contribution in [2.24, 2.45) is 11.1 Å². The van der Waals surface area contributed by atoms with Crippen LogP contribution in [0.3, 0.4) is 0 Å². The van der Waals surface area contributed by atoms with Gasteiger partial charge in [-0.05, 0) is 36.0 Å². The molecule has 5 heteroatoms. The summed E-state index contributed by atoms with van der Waals surface area (Å²) in [5.41, 5.74) is 9.81. The molecule has 0 aliphatic carbocycles. The second-order valence-corrected chi connectivity index (χ2v) is 7.05. The molecule has 0 aliphatic rings. The van der Waals surface area contributed by atoms with Gasteiger partial charge in [0.25, 0.3) is 0 Å². The summed E-state index contributed by atoms with van der Waals surface area (Å²) in [5.74, 6) is -0.691. The lowest BCUT2D eigenvalue weighted by Crippen LogP contribution is -2.05. The summed E-state index contributed by atoms with van der Waals surface area (Å²) in [6.07, 6.45) is 2.08. The average molecular weight is 308 g/mol. The van der Waals surface area contributed by atoms with E-state index >= 15 is 0 Å². The van der Waals surface area contributed by atoms with Crippen molar-refractivity contribution < 1.29 is 9.90 Å². The summed E-state index contributed by atoms with van der Waals surface area (Å²) < 4.78 is 1.22. The number of aliphatic carboxylic acids is 1. The Morgan fingerprint density at radius 2 is 2.10 bits per heavy atom. The minimum atomic E-state index is -0.691. The van der Waals surface area contributed by atoms with Gasteiger partial charge in [0.05, 0.1) is 15.7 Å². The Morgan fingerprint density at radius 3 is 2.67 bits per heavy atom. The van der Waals surface area contributed by atoms with Crippen molar-refractivity contribution in [1.82, 2.24) is 4.98 Å². The van der Waals surface area contributed by atoms with Gasteiger partial charge in [-0.2, -0.15) is 0 Å². The molecule has 0 radical (unpaired) electrons. The first-order valence-corrected chi connectivity index (χ1v) is 7.94.